The summed E-state index contributed by atoms with van der Waals surface area (Å²) in [6.45, 7) is 6.50. The van der Waals surface area contributed by atoms with Crippen molar-refractivity contribution >= 4 is 17.2 Å². The van der Waals surface area contributed by atoms with Crippen LogP contribution in [-0.4, -0.2) is 24.0 Å². The van der Waals surface area contributed by atoms with Crippen LogP contribution in [0, 0.1) is 6.92 Å². The summed E-state index contributed by atoms with van der Waals surface area (Å²) in [5.41, 5.74) is 2.21. The molecule has 3 N–H and O–H groups in total. The first kappa shape index (κ1) is 16.5. The van der Waals surface area contributed by atoms with E-state index in [1.807, 2.05) is 24.4 Å². The Morgan fingerprint density at radius 3 is 2.77 bits per heavy atom. The molecule has 0 aliphatic heterocycles. The topological polar surface area (TPSA) is 67.8 Å². The molecule has 1 aromatic carbocycles. The average Bonchev–Trinajstić information content (AvgIpc) is 2.91. The van der Waals surface area contributed by atoms with Gasteiger partial charge in [-0.1, -0.05) is 0 Å². The van der Waals surface area contributed by atoms with Crippen molar-refractivity contribution in [3.63, 3.8) is 0 Å². The van der Waals surface area contributed by atoms with E-state index < -0.39 is 0 Å². The number of thiazole rings is 1. The first-order valence-electron chi connectivity index (χ1n) is 7.32. The van der Waals surface area contributed by atoms with Crippen molar-refractivity contribution in [2.45, 2.75) is 27.0 Å². The molecule has 0 fully saturated rings. The maximum absolute atomic E-state index is 10.7. The Kier molecular flexibility index (Phi) is 6.36. The van der Waals surface area contributed by atoms with Crippen LogP contribution >= 0.6 is 11.3 Å². The largest absolute Gasteiger partial charge is 0.487 e. The number of ether oxygens (including phenoxy) is 1. The number of carbonyl (C=O) groups excluding carboxylic acids is 1. The minimum absolute atomic E-state index is 0.0187. The molecule has 5 nitrogen and oxygen atoms in total. The highest BCUT2D eigenvalue weighted by Crippen LogP contribution is 2.15. The predicted octanol–water partition coefficient (Wildman–Crippen LogP) is 1.23. The monoisotopic (exact) mass is 320 g/mol. The molecule has 0 spiro atoms. The Bertz CT molecular complexity index is 596. The Balaban J connectivity index is 1.69. The standard InChI is InChI=1S/C16H21N3O2S/c1-12(20)18-8-7-17-9-14-3-5-16(6-4-14)21-10-15-11-22-13(2)19-15/h3-6,11,17H,7-10H2,1-2H3,(H,18,20)/p+1. The van der Waals surface area contributed by atoms with Crippen LogP contribution in [0.5, 0.6) is 5.75 Å². The normalized spacial score (nSPS) is 10.5. The van der Waals surface area contributed by atoms with E-state index in [0.717, 1.165) is 29.5 Å². The highest BCUT2D eigenvalue weighted by Gasteiger charge is 2.01. The van der Waals surface area contributed by atoms with E-state index in [4.69, 9.17) is 4.74 Å². The van der Waals surface area contributed by atoms with Crippen molar-refractivity contribution in [3.05, 3.63) is 45.9 Å². The van der Waals surface area contributed by atoms with Crippen molar-refractivity contribution < 1.29 is 14.8 Å². The van der Waals surface area contributed by atoms with Gasteiger partial charge in [0.05, 0.1) is 23.8 Å². The van der Waals surface area contributed by atoms with Crippen LogP contribution in [0.1, 0.15) is 23.2 Å². The molecule has 0 atom stereocenters. The molecule has 0 radical (unpaired) electrons. The molecule has 6 heteroatoms. The summed E-state index contributed by atoms with van der Waals surface area (Å²) in [7, 11) is 0. The molecule has 22 heavy (non-hydrogen) atoms. The number of rotatable bonds is 8. The van der Waals surface area contributed by atoms with E-state index in [9.17, 15) is 4.79 Å². The number of nitrogens with zero attached hydrogens (tertiary/aromatic N) is 1. The van der Waals surface area contributed by atoms with Crippen LogP contribution < -0.4 is 15.4 Å². The fourth-order valence-electron chi connectivity index (χ4n) is 1.97. The lowest BCUT2D eigenvalue weighted by Crippen LogP contribution is -2.84. The van der Waals surface area contributed by atoms with Crippen molar-refractivity contribution in [3.8, 4) is 5.75 Å². The predicted molar refractivity (Wildman–Crippen MR) is 86.8 cm³/mol. The molecule has 0 aliphatic carbocycles. The summed E-state index contributed by atoms with van der Waals surface area (Å²) in [5, 5.41) is 8.03. The number of nitrogens with two attached hydrogens (primary N) is 1. The summed E-state index contributed by atoms with van der Waals surface area (Å²) in [6.07, 6.45) is 0. The van der Waals surface area contributed by atoms with Gasteiger partial charge in [-0.2, -0.15) is 0 Å². The Labute approximate surface area is 134 Å². The van der Waals surface area contributed by atoms with Crippen LogP contribution in [0.4, 0.5) is 0 Å². The Hall–Kier alpha value is -1.92. The molecule has 2 aromatic rings. The van der Waals surface area contributed by atoms with Crippen molar-refractivity contribution in [2.24, 2.45) is 0 Å². The summed E-state index contributed by atoms with van der Waals surface area (Å²) in [5.74, 6) is 0.873. The van der Waals surface area contributed by atoms with E-state index in [1.165, 1.54) is 12.5 Å². The average molecular weight is 320 g/mol. The van der Waals surface area contributed by atoms with Gasteiger partial charge in [0.15, 0.2) is 0 Å². The summed E-state index contributed by atoms with van der Waals surface area (Å²) in [6, 6.07) is 8.10. The molecular weight excluding hydrogens is 298 g/mol. The van der Waals surface area contributed by atoms with Gasteiger partial charge in [-0.25, -0.2) is 4.98 Å². The molecule has 0 aliphatic rings. The SMILES string of the molecule is CC(=O)NCC[NH2+]Cc1ccc(OCc2csc(C)n2)cc1. The molecule has 118 valence electrons. The van der Waals surface area contributed by atoms with E-state index in [1.54, 1.807) is 11.3 Å². The quantitative estimate of drug-likeness (QED) is 0.719. The van der Waals surface area contributed by atoms with Crippen LogP contribution in [0.3, 0.4) is 0 Å². The third-order valence-corrected chi connectivity index (χ3v) is 3.90. The van der Waals surface area contributed by atoms with Crippen LogP contribution in [0.15, 0.2) is 29.6 Å². The number of hydrogen-bond acceptors (Lipinski definition) is 4. The number of amides is 1. The van der Waals surface area contributed by atoms with Crippen LogP contribution in [-0.2, 0) is 17.9 Å². The fraction of sp³-hybridized carbons (Fsp3) is 0.375. The van der Waals surface area contributed by atoms with Gasteiger partial charge in [0.2, 0.25) is 5.91 Å². The highest BCUT2D eigenvalue weighted by molar-refractivity contribution is 7.09. The maximum atomic E-state index is 10.7. The fourth-order valence-corrected chi connectivity index (χ4v) is 2.57. The van der Waals surface area contributed by atoms with Gasteiger partial charge in [-0.15, -0.1) is 11.3 Å². The zero-order chi connectivity index (χ0) is 15.8. The van der Waals surface area contributed by atoms with Gasteiger partial charge in [-0.05, 0) is 31.2 Å². The minimum atomic E-state index is 0.0187. The van der Waals surface area contributed by atoms with Crippen molar-refractivity contribution in [1.29, 1.82) is 0 Å². The van der Waals surface area contributed by atoms with Crippen molar-refractivity contribution in [1.82, 2.24) is 10.3 Å². The third-order valence-electron chi connectivity index (χ3n) is 3.08. The summed E-state index contributed by atoms with van der Waals surface area (Å²) < 4.78 is 5.72. The molecule has 1 aromatic heterocycles. The number of aryl methyl sites for hydroxylation is 1. The van der Waals surface area contributed by atoms with Gasteiger partial charge in [0, 0.05) is 17.9 Å². The van der Waals surface area contributed by atoms with E-state index >= 15 is 0 Å². The van der Waals surface area contributed by atoms with Crippen LogP contribution in [0.2, 0.25) is 0 Å². The second-order valence-corrected chi connectivity index (χ2v) is 6.12. The number of carbonyl (C=O) groups is 1. The van der Waals surface area contributed by atoms with Gasteiger partial charge in [0.25, 0.3) is 0 Å². The van der Waals surface area contributed by atoms with Crippen molar-refractivity contribution in [2.75, 3.05) is 13.1 Å². The van der Waals surface area contributed by atoms with E-state index in [2.05, 4.69) is 27.8 Å². The Morgan fingerprint density at radius 2 is 2.14 bits per heavy atom. The summed E-state index contributed by atoms with van der Waals surface area (Å²) >= 11 is 1.64. The Morgan fingerprint density at radius 1 is 1.36 bits per heavy atom. The number of nitrogens with one attached hydrogen (secondary N) is 1. The number of benzene rings is 1. The molecule has 0 saturated carbocycles. The van der Waals surface area contributed by atoms with E-state index in [0.29, 0.717) is 13.2 Å². The molecule has 0 saturated heterocycles. The first-order valence-corrected chi connectivity index (χ1v) is 8.20. The molecule has 2 rings (SSSR count). The zero-order valence-electron chi connectivity index (χ0n) is 13.0. The molecule has 1 heterocycles. The molecular formula is C16H22N3O2S+. The minimum Gasteiger partial charge on any atom is -0.487 e. The number of hydrogen-bond donors (Lipinski definition) is 2. The third kappa shape index (κ3) is 5.83. The second-order valence-electron chi connectivity index (χ2n) is 5.05. The lowest BCUT2D eigenvalue weighted by atomic mass is 10.2. The lowest BCUT2D eigenvalue weighted by molar-refractivity contribution is -0.668. The summed E-state index contributed by atoms with van der Waals surface area (Å²) in [4.78, 5) is 15.1. The molecule has 1 amide bonds. The zero-order valence-corrected chi connectivity index (χ0v) is 13.8. The van der Waals surface area contributed by atoms with Gasteiger partial charge in [-0.3, -0.25) is 4.79 Å². The van der Waals surface area contributed by atoms with Gasteiger partial charge in [0.1, 0.15) is 18.9 Å². The first-order chi connectivity index (χ1) is 10.6. The highest BCUT2D eigenvalue weighted by atomic mass is 32.1. The number of quaternary nitrogens is 1. The van der Waals surface area contributed by atoms with Gasteiger partial charge < -0.3 is 15.4 Å². The van der Waals surface area contributed by atoms with E-state index in [-0.39, 0.29) is 5.91 Å². The molecule has 0 bridgehead atoms. The molecule has 0 unspecified atom stereocenters. The number of aromatic nitrogens is 1. The smallest absolute Gasteiger partial charge is 0.217 e. The maximum Gasteiger partial charge on any atom is 0.217 e. The van der Waals surface area contributed by atoms with Crippen LogP contribution in [0.25, 0.3) is 0 Å². The van der Waals surface area contributed by atoms with Gasteiger partial charge >= 0.3 is 0 Å². The lowest BCUT2D eigenvalue weighted by Gasteiger charge is -2.06. The second kappa shape index (κ2) is 8.51.